The summed E-state index contributed by atoms with van der Waals surface area (Å²) in [6.45, 7) is 4.67. The molecular weight excluding hydrogens is 649 g/mol. The molecule has 0 saturated carbocycles. The van der Waals surface area contributed by atoms with Crippen molar-refractivity contribution in [3.05, 3.63) is 169 Å². The Morgan fingerprint density at radius 3 is 1.85 bits per heavy atom. The molecule has 250 valence electrons. The van der Waals surface area contributed by atoms with Crippen molar-refractivity contribution in [1.29, 1.82) is 0 Å². The van der Waals surface area contributed by atoms with Crippen LogP contribution in [-0.2, 0) is 5.41 Å². The van der Waals surface area contributed by atoms with Gasteiger partial charge in [-0.05, 0) is 41.0 Å². The number of rotatable bonds is 4. The van der Waals surface area contributed by atoms with Crippen molar-refractivity contribution in [1.82, 2.24) is 19.5 Å². The minimum absolute atomic E-state index is 0.249. The zero-order valence-corrected chi connectivity index (χ0v) is 29.2. The molecule has 0 amide bonds. The molecule has 0 atom stereocenters. The number of furan rings is 1. The summed E-state index contributed by atoms with van der Waals surface area (Å²) in [5, 5.41) is 4.70. The number of hydrogen-bond acceptors (Lipinski definition) is 4. The van der Waals surface area contributed by atoms with Gasteiger partial charge in [-0.2, -0.15) is 0 Å². The third-order valence-corrected chi connectivity index (χ3v) is 11.0. The first-order valence-electron chi connectivity index (χ1n) is 18.0. The van der Waals surface area contributed by atoms with E-state index in [0.29, 0.717) is 17.5 Å². The number of aromatic nitrogens is 4. The third kappa shape index (κ3) is 4.28. The van der Waals surface area contributed by atoms with Gasteiger partial charge in [-0.3, -0.25) is 0 Å². The van der Waals surface area contributed by atoms with E-state index >= 15 is 0 Å². The second-order valence-corrected chi connectivity index (χ2v) is 14.4. The topological polar surface area (TPSA) is 56.7 Å². The first kappa shape index (κ1) is 29.8. The van der Waals surface area contributed by atoms with E-state index in [1.54, 1.807) is 0 Å². The first-order chi connectivity index (χ1) is 26.1. The Balaban J connectivity index is 1.24. The van der Waals surface area contributed by atoms with Crippen LogP contribution >= 0.6 is 0 Å². The number of benzene rings is 7. The molecule has 10 aromatic rings. The summed E-state index contributed by atoms with van der Waals surface area (Å²) in [4.78, 5) is 15.1. The summed E-state index contributed by atoms with van der Waals surface area (Å²) in [5.41, 5.74) is 12.8. The second kappa shape index (κ2) is 11.1. The van der Waals surface area contributed by atoms with Crippen molar-refractivity contribution in [2.24, 2.45) is 0 Å². The van der Waals surface area contributed by atoms with Crippen LogP contribution in [0.3, 0.4) is 0 Å². The molecule has 0 fully saturated rings. The average Bonchev–Trinajstić information content (AvgIpc) is 3.84. The molecule has 0 aliphatic heterocycles. The molecule has 7 aromatic carbocycles. The highest BCUT2D eigenvalue weighted by Crippen LogP contribution is 2.57. The fourth-order valence-electron chi connectivity index (χ4n) is 8.66. The van der Waals surface area contributed by atoms with Crippen molar-refractivity contribution in [3.8, 4) is 51.0 Å². The van der Waals surface area contributed by atoms with Gasteiger partial charge in [-0.25, -0.2) is 15.0 Å². The highest BCUT2D eigenvalue weighted by Gasteiger charge is 2.41. The van der Waals surface area contributed by atoms with E-state index in [2.05, 4.69) is 115 Å². The minimum atomic E-state index is -0.249. The van der Waals surface area contributed by atoms with Gasteiger partial charge in [-0.15, -0.1) is 0 Å². The Labute approximate surface area is 305 Å². The van der Waals surface area contributed by atoms with Crippen LogP contribution in [0.2, 0.25) is 0 Å². The highest BCUT2D eigenvalue weighted by molar-refractivity contribution is 6.30. The summed E-state index contributed by atoms with van der Waals surface area (Å²) in [5.74, 6) is 1.90. The van der Waals surface area contributed by atoms with Gasteiger partial charge in [0.1, 0.15) is 11.2 Å². The normalized spacial score (nSPS) is 13.2. The van der Waals surface area contributed by atoms with E-state index in [9.17, 15) is 0 Å². The van der Waals surface area contributed by atoms with Crippen LogP contribution in [0.1, 0.15) is 25.0 Å². The van der Waals surface area contributed by atoms with Gasteiger partial charge < -0.3 is 8.98 Å². The van der Waals surface area contributed by atoms with Gasteiger partial charge >= 0.3 is 0 Å². The molecule has 3 aromatic heterocycles. The van der Waals surface area contributed by atoms with Crippen molar-refractivity contribution < 1.29 is 4.42 Å². The molecular formula is C48H32N4O. The van der Waals surface area contributed by atoms with Crippen LogP contribution in [0.25, 0.3) is 94.7 Å². The maximum Gasteiger partial charge on any atom is 0.164 e. The molecule has 5 nitrogen and oxygen atoms in total. The SMILES string of the molecule is CC1(C)c2ccccc2-c2c1c1oc3ccccc3c1c1c2c2ccccc2n1-c1cccc(-c2nc(-c3ccccc3)nc(-c3ccccc3)n2)c1. The van der Waals surface area contributed by atoms with Crippen LogP contribution in [0.5, 0.6) is 0 Å². The Morgan fingerprint density at radius 2 is 1.11 bits per heavy atom. The van der Waals surface area contributed by atoms with Gasteiger partial charge in [0.25, 0.3) is 0 Å². The maximum absolute atomic E-state index is 6.92. The third-order valence-electron chi connectivity index (χ3n) is 11.0. The van der Waals surface area contributed by atoms with E-state index in [4.69, 9.17) is 19.4 Å². The molecule has 11 rings (SSSR count). The Bertz CT molecular complexity index is 3020. The van der Waals surface area contributed by atoms with Crippen LogP contribution in [-0.4, -0.2) is 19.5 Å². The molecule has 0 radical (unpaired) electrons. The number of para-hydroxylation sites is 2. The van der Waals surface area contributed by atoms with E-state index in [-0.39, 0.29) is 5.41 Å². The molecule has 53 heavy (non-hydrogen) atoms. The molecule has 0 spiro atoms. The molecule has 1 aliphatic rings. The van der Waals surface area contributed by atoms with Gasteiger partial charge in [0, 0.05) is 49.5 Å². The van der Waals surface area contributed by atoms with Crippen LogP contribution in [0.4, 0.5) is 0 Å². The Morgan fingerprint density at radius 1 is 0.528 bits per heavy atom. The molecule has 3 heterocycles. The highest BCUT2D eigenvalue weighted by atomic mass is 16.3. The van der Waals surface area contributed by atoms with Gasteiger partial charge in [0.15, 0.2) is 17.5 Å². The molecule has 1 aliphatic carbocycles. The summed E-state index contributed by atoms with van der Waals surface area (Å²) >= 11 is 0. The summed E-state index contributed by atoms with van der Waals surface area (Å²) in [6.07, 6.45) is 0. The smallest absolute Gasteiger partial charge is 0.164 e. The lowest BCUT2D eigenvalue weighted by atomic mass is 9.81. The predicted octanol–water partition coefficient (Wildman–Crippen LogP) is 12.2. The Kier molecular flexibility index (Phi) is 6.23. The summed E-state index contributed by atoms with van der Waals surface area (Å²) < 4.78 is 9.34. The molecule has 5 heteroatoms. The van der Waals surface area contributed by atoms with Crippen molar-refractivity contribution >= 4 is 43.7 Å². The van der Waals surface area contributed by atoms with E-state index in [0.717, 1.165) is 55.3 Å². The molecule has 0 saturated heterocycles. The lowest BCUT2D eigenvalue weighted by Gasteiger charge is -2.22. The monoisotopic (exact) mass is 680 g/mol. The summed E-state index contributed by atoms with van der Waals surface area (Å²) in [7, 11) is 0. The van der Waals surface area contributed by atoms with Gasteiger partial charge in [0.05, 0.1) is 16.4 Å². The predicted molar refractivity (Wildman–Crippen MR) is 215 cm³/mol. The zero-order valence-electron chi connectivity index (χ0n) is 29.2. The molecule has 0 N–H and O–H groups in total. The van der Waals surface area contributed by atoms with Gasteiger partial charge in [0.2, 0.25) is 0 Å². The first-order valence-corrected chi connectivity index (χ1v) is 18.0. The zero-order chi connectivity index (χ0) is 35.3. The van der Waals surface area contributed by atoms with Crippen molar-refractivity contribution in [3.63, 3.8) is 0 Å². The standard InChI is InChI=1S/C48H32N4O/c1-48(2)36-25-12-9-22-33(36)39-40-34-23-10-13-26-37(34)52(43(40)41-35-24-11-14-27-38(35)53-44(41)42(39)48)32-21-15-20-31(28-32)47-50-45(29-16-5-3-6-17-29)49-46(51-47)30-18-7-4-8-19-30/h3-28H,1-2H3. The van der Waals surface area contributed by atoms with E-state index in [1.807, 2.05) is 60.7 Å². The van der Waals surface area contributed by atoms with E-state index < -0.39 is 0 Å². The average molecular weight is 681 g/mol. The Hall–Kier alpha value is -6.85. The van der Waals surface area contributed by atoms with Crippen LogP contribution < -0.4 is 0 Å². The fraction of sp³-hybridized carbons (Fsp3) is 0.0625. The lowest BCUT2D eigenvalue weighted by molar-refractivity contribution is 0.620. The van der Waals surface area contributed by atoms with Crippen LogP contribution in [0.15, 0.2) is 162 Å². The van der Waals surface area contributed by atoms with Gasteiger partial charge in [-0.1, -0.05) is 147 Å². The van der Waals surface area contributed by atoms with E-state index in [1.165, 1.54) is 33.0 Å². The van der Waals surface area contributed by atoms with Crippen molar-refractivity contribution in [2.45, 2.75) is 19.3 Å². The van der Waals surface area contributed by atoms with Crippen LogP contribution in [0, 0.1) is 0 Å². The quantitative estimate of drug-likeness (QED) is 0.186. The molecule has 0 bridgehead atoms. The fourth-order valence-corrected chi connectivity index (χ4v) is 8.66. The van der Waals surface area contributed by atoms with Crippen molar-refractivity contribution in [2.75, 3.05) is 0 Å². The largest absolute Gasteiger partial charge is 0.456 e. The summed E-state index contributed by atoms with van der Waals surface area (Å²) in [6, 6.07) is 55.0. The minimum Gasteiger partial charge on any atom is -0.456 e. The number of nitrogens with zero attached hydrogens (tertiary/aromatic N) is 4. The second-order valence-electron chi connectivity index (χ2n) is 14.4. The number of fused-ring (bicyclic) bond motifs is 12. The number of hydrogen-bond donors (Lipinski definition) is 0. The lowest BCUT2D eigenvalue weighted by Crippen LogP contribution is -2.15. The molecule has 0 unspecified atom stereocenters. The maximum atomic E-state index is 6.92.